The fraction of sp³-hybridized carbons (Fsp3) is 0.345. The van der Waals surface area contributed by atoms with Crippen LogP contribution in [-0.4, -0.2) is 69.5 Å². The molecule has 0 radical (unpaired) electrons. The van der Waals surface area contributed by atoms with Gasteiger partial charge in [0, 0.05) is 13.1 Å². The highest BCUT2D eigenvalue weighted by molar-refractivity contribution is 7.90. The number of sulfonamides is 2. The summed E-state index contributed by atoms with van der Waals surface area (Å²) in [6, 6.07) is 22.8. The number of hydrogen-bond acceptors (Lipinski definition) is 5. The van der Waals surface area contributed by atoms with Gasteiger partial charge in [0.25, 0.3) is 10.0 Å². The molecule has 2 aliphatic rings. The first-order valence-electron chi connectivity index (χ1n) is 13.2. The lowest BCUT2D eigenvalue weighted by atomic mass is 10.1. The third kappa shape index (κ3) is 5.94. The Bertz CT molecular complexity index is 1530. The van der Waals surface area contributed by atoms with Crippen LogP contribution in [0.2, 0.25) is 0 Å². The number of aryl methyl sites for hydroxylation is 2. The number of rotatable bonds is 7. The maximum atomic E-state index is 13.9. The molecule has 0 spiro atoms. The smallest absolute Gasteiger partial charge is 0.283 e. The van der Waals surface area contributed by atoms with Crippen molar-refractivity contribution in [1.29, 1.82) is 0 Å². The first-order chi connectivity index (χ1) is 18.6. The summed E-state index contributed by atoms with van der Waals surface area (Å²) < 4.78 is 60.7. The van der Waals surface area contributed by atoms with Gasteiger partial charge in [0.05, 0.1) is 16.3 Å². The van der Waals surface area contributed by atoms with Crippen molar-refractivity contribution in [2.24, 2.45) is 4.40 Å². The molecular formula is C29H34N4O4S2. The summed E-state index contributed by atoms with van der Waals surface area (Å²) in [5.41, 5.74) is 2.68. The minimum atomic E-state index is -4.02. The topological polar surface area (TPSA) is 90.4 Å². The van der Waals surface area contributed by atoms with Gasteiger partial charge in [-0.15, -0.1) is 4.40 Å². The van der Waals surface area contributed by atoms with Gasteiger partial charge in [-0.25, -0.2) is 8.42 Å². The predicted molar refractivity (Wildman–Crippen MR) is 152 cm³/mol. The third-order valence-corrected chi connectivity index (χ3v) is 10.5. The fourth-order valence-electron chi connectivity index (χ4n) is 5.16. The molecule has 39 heavy (non-hydrogen) atoms. The largest absolute Gasteiger partial charge is 0.336 e. The quantitative estimate of drug-likeness (QED) is 0.315. The zero-order valence-corrected chi connectivity index (χ0v) is 23.9. The molecule has 0 N–H and O–H groups in total. The van der Waals surface area contributed by atoms with Gasteiger partial charge < -0.3 is 4.90 Å². The van der Waals surface area contributed by atoms with Crippen LogP contribution in [0.1, 0.15) is 35.7 Å². The number of benzene rings is 3. The minimum Gasteiger partial charge on any atom is -0.336 e. The molecule has 0 aromatic heterocycles. The van der Waals surface area contributed by atoms with E-state index in [0.717, 1.165) is 42.6 Å². The zero-order valence-electron chi connectivity index (χ0n) is 22.3. The molecule has 8 nitrogen and oxygen atoms in total. The normalized spacial score (nSPS) is 19.6. The van der Waals surface area contributed by atoms with Crippen molar-refractivity contribution >= 4 is 25.9 Å². The van der Waals surface area contributed by atoms with Crippen molar-refractivity contribution in [3.8, 4) is 0 Å². The average Bonchev–Trinajstić information content (AvgIpc) is 3.60. The Morgan fingerprint density at radius 3 is 1.90 bits per heavy atom. The first kappa shape index (κ1) is 27.5. The van der Waals surface area contributed by atoms with Crippen molar-refractivity contribution in [2.75, 3.05) is 32.7 Å². The molecule has 5 rings (SSSR count). The van der Waals surface area contributed by atoms with Gasteiger partial charge in [0.15, 0.2) is 0 Å². The maximum absolute atomic E-state index is 13.9. The molecular weight excluding hydrogens is 532 g/mol. The maximum Gasteiger partial charge on any atom is 0.283 e. The second kappa shape index (κ2) is 11.2. The molecule has 3 aromatic rings. The number of amidine groups is 1. The number of hydrogen-bond donors (Lipinski definition) is 0. The van der Waals surface area contributed by atoms with Crippen molar-refractivity contribution in [2.45, 2.75) is 42.6 Å². The van der Waals surface area contributed by atoms with Crippen LogP contribution in [0.5, 0.6) is 0 Å². The van der Waals surface area contributed by atoms with Crippen molar-refractivity contribution < 1.29 is 16.8 Å². The van der Waals surface area contributed by atoms with Gasteiger partial charge in [0.1, 0.15) is 12.0 Å². The van der Waals surface area contributed by atoms with E-state index in [1.807, 2.05) is 49.1 Å². The van der Waals surface area contributed by atoms with Gasteiger partial charge in [-0.2, -0.15) is 12.7 Å². The Morgan fingerprint density at radius 1 is 0.744 bits per heavy atom. The van der Waals surface area contributed by atoms with E-state index in [2.05, 4.69) is 9.30 Å². The van der Waals surface area contributed by atoms with Crippen LogP contribution in [-0.2, 0) is 20.0 Å². The summed E-state index contributed by atoms with van der Waals surface area (Å²) >= 11 is 0. The lowest BCUT2D eigenvalue weighted by Crippen LogP contribution is -2.42. The summed E-state index contributed by atoms with van der Waals surface area (Å²) in [5, 5.41) is 0. The molecule has 0 aliphatic carbocycles. The lowest BCUT2D eigenvalue weighted by molar-refractivity contribution is 0.271. The molecule has 2 fully saturated rings. The Balaban J connectivity index is 1.60. The summed E-state index contributed by atoms with van der Waals surface area (Å²) in [7, 11) is -7.89. The first-order valence-corrected chi connectivity index (χ1v) is 16.1. The number of likely N-dealkylation sites (tertiary alicyclic amines) is 1. The Labute approximate surface area is 231 Å². The Morgan fingerprint density at radius 2 is 1.31 bits per heavy atom. The monoisotopic (exact) mass is 566 g/mol. The van der Waals surface area contributed by atoms with Gasteiger partial charge in [-0.1, -0.05) is 65.7 Å². The third-order valence-electron chi connectivity index (χ3n) is 7.29. The lowest BCUT2D eigenvalue weighted by Gasteiger charge is -2.33. The van der Waals surface area contributed by atoms with Crippen LogP contribution >= 0.6 is 0 Å². The summed E-state index contributed by atoms with van der Waals surface area (Å²) in [4.78, 5) is 4.36. The molecule has 2 heterocycles. The molecule has 2 saturated heterocycles. The highest BCUT2D eigenvalue weighted by atomic mass is 32.2. The van der Waals surface area contributed by atoms with Gasteiger partial charge in [0.2, 0.25) is 10.0 Å². The Kier molecular flexibility index (Phi) is 7.91. The summed E-state index contributed by atoms with van der Waals surface area (Å²) in [5.74, 6) is 0.355. The second-order valence-corrected chi connectivity index (χ2v) is 13.7. The minimum absolute atomic E-state index is 0.117. The van der Waals surface area contributed by atoms with Crippen LogP contribution in [0.25, 0.3) is 0 Å². The SMILES string of the molecule is Cc1ccc(S(=O)(=O)N=C(CN2CCCC2)N2CCN(S(=O)(=O)c3ccc(C)cc3)[C@@H]2c2ccccc2)cc1. The average molecular weight is 567 g/mol. The molecule has 0 saturated carbocycles. The van der Waals surface area contributed by atoms with Crippen molar-refractivity contribution in [3.63, 3.8) is 0 Å². The molecule has 2 aliphatic heterocycles. The van der Waals surface area contributed by atoms with Crippen LogP contribution in [0.4, 0.5) is 0 Å². The van der Waals surface area contributed by atoms with E-state index >= 15 is 0 Å². The van der Waals surface area contributed by atoms with Crippen LogP contribution in [0, 0.1) is 13.8 Å². The summed E-state index contributed by atoms with van der Waals surface area (Å²) in [6.07, 6.45) is 1.34. The standard InChI is InChI=1S/C29H34N4O4S2/c1-23-10-14-26(15-11-23)38(34,35)30-28(22-31-18-6-7-19-31)32-20-21-33(29(32)25-8-4-3-5-9-25)39(36,37)27-16-12-24(2)13-17-27/h3-5,8-17,29H,6-7,18-22H2,1-2H3/t29-/m1/s1. The molecule has 3 aromatic carbocycles. The molecule has 206 valence electrons. The van der Waals surface area contributed by atoms with Crippen LogP contribution in [0.15, 0.2) is 93.1 Å². The fourth-order valence-corrected chi connectivity index (χ4v) is 7.76. The van der Waals surface area contributed by atoms with E-state index in [1.165, 1.54) is 4.31 Å². The molecule has 0 amide bonds. The van der Waals surface area contributed by atoms with E-state index < -0.39 is 26.2 Å². The predicted octanol–water partition coefficient (Wildman–Crippen LogP) is 4.19. The van der Waals surface area contributed by atoms with E-state index in [0.29, 0.717) is 18.9 Å². The highest BCUT2D eigenvalue weighted by Crippen LogP contribution is 2.36. The van der Waals surface area contributed by atoms with E-state index in [4.69, 9.17) is 0 Å². The molecule has 0 bridgehead atoms. The molecule has 1 atom stereocenters. The highest BCUT2D eigenvalue weighted by Gasteiger charge is 2.43. The van der Waals surface area contributed by atoms with Crippen LogP contribution < -0.4 is 0 Å². The molecule has 10 heteroatoms. The van der Waals surface area contributed by atoms with Gasteiger partial charge >= 0.3 is 0 Å². The van der Waals surface area contributed by atoms with E-state index in [1.54, 1.807) is 48.5 Å². The summed E-state index contributed by atoms with van der Waals surface area (Å²) in [6.45, 7) is 6.36. The van der Waals surface area contributed by atoms with Crippen molar-refractivity contribution in [1.82, 2.24) is 14.1 Å². The Hall–Kier alpha value is -3.05. The number of nitrogens with zero attached hydrogens (tertiary/aromatic N) is 4. The van der Waals surface area contributed by atoms with Crippen LogP contribution in [0.3, 0.4) is 0 Å². The van der Waals surface area contributed by atoms with Gasteiger partial charge in [-0.05, 0) is 69.6 Å². The molecule has 0 unspecified atom stereocenters. The zero-order chi connectivity index (χ0) is 27.6. The van der Waals surface area contributed by atoms with E-state index in [-0.39, 0.29) is 16.3 Å². The second-order valence-electron chi connectivity index (χ2n) is 10.2. The van der Waals surface area contributed by atoms with Crippen molar-refractivity contribution in [3.05, 3.63) is 95.6 Å². The van der Waals surface area contributed by atoms with E-state index in [9.17, 15) is 16.8 Å². The van der Waals surface area contributed by atoms with Gasteiger partial charge in [-0.3, -0.25) is 4.90 Å².